The molecule has 1 unspecified atom stereocenters. The Morgan fingerprint density at radius 1 is 1.17 bits per heavy atom. The van der Waals surface area contributed by atoms with E-state index >= 15 is 0 Å². The van der Waals surface area contributed by atoms with E-state index in [1.807, 2.05) is 0 Å². The van der Waals surface area contributed by atoms with Gasteiger partial charge in [-0.3, -0.25) is 0 Å². The van der Waals surface area contributed by atoms with Gasteiger partial charge in [0.1, 0.15) is 0 Å². The van der Waals surface area contributed by atoms with Crippen LogP contribution in [0.5, 0.6) is 0 Å². The van der Waals surface area contributed by atoms with E-state index in [0.717, 1.165) is 5.57 Å². The van der Waals surface area contributed by atoms with E-state index in [2.05, 4.69) is 77.6 Å². The summed E-state index contributed by atoms with van der Waals surface area (Å²) in [5.74, 6) is 0.624. The van der Waals surface area contributed by atoms with Gasteiger partial charge in [-0.2, -0.15) is 0 Å². The van der Waals surface area contributed by atoms with E-state index in [9.17, 15) is 0 Å². The van der Waals surface area contributed by atoms with Gasteiger partial charge in [-0.15, -0.1) is 0 Å². The second-order valence-corrected chi connectivity index (χ2v) is 7.92. The van der Waals surface area contributed by atoms with Crippen LogP contribution < -0.4 is 0 Å². The predicted molar refractivity (Wildman–Crippen MR) is 104 cm³/mol. The number of rotatable bonds is 3. The van der Waals surface area contributed by atoms with Crippen LogP contribution in [0.4, 0.5) is 0 Å². The van der Waals surface area contributed by atoms with E-state index in [1.54, 1.807) is 0 Å². The molecule has 0 nitrogen and oxygen atoms in total. The smallest absolute Gasteiger partial charge is 0.0135 e. The molecule has 0 aromatic heterocycles. The average Bonchev–Trinajstić information content (AvgIpc) is 2.49. The molecule has 1 aromatic rings. The maximum absolute atomic E-state index is 4.35. The number of aryl methyl sites for hydroxylation is 1. The van der Waals surface area contributed by atoms with Crippen molar-refractivity contribution in [2.75, 3.05) is 0 Å². The molecule has 0 heterocycles. The highest BCUT2D eigenvalue weighted by Crippen LogP contribution is 2.33. The molecule has 0 aliphatic heterocycles. The Morgan fingerprint density at radius 3 is 2.57 bits per heavy atom. The molecule has 23 heavy (non-hydrogen) atoms. The lowest BCUT2D eigenvalue weighted by atomic mass is 9.83. The molecule has 0 fully saturated rings. The predicted octanol–water partition coefficient (Wildman–Crippen LogP) is 7.08. The van der Waals surface area contributed by atoms with Crippen LogP contribution in [0.2, 0.25) is 0 Å². The Balaban J connectivity index is 2.30. The van der Waals surface area contributed by atoms with E-state index in [1.165, 1.54) is 47.9 Å². The standard InChI is InChI=1S/C23H32/c1-7-20(23(4,5)6)14-12-18(3)21-15-13-19-11-9-8-10-17(2)22(21)16-19/h7,12-17H,3,8-11H2,1-2,4-6H3/b14-12-,20-7+. The van der Waals surface area contributed by atoms with Crippen LogP contribution in [0.15, 0.2) is 48.6 Å². The Morgan fingerprint density at radius 2 is 1.91 bits per heavy atom. The molecule has 1 aliphatic rings. The van der Waals surface area contributed by atoms with Gasteiger partial charge in [0, 0.05) is 0 Å². The summed E-state index contributed by atoms with van der Waals surface area (Å²) >= 11 is 0. The summed E-state index contributed by atoms with van der Waals surface area (Å²) in [6.07, 6.45) is 11.8. The van der Waals surface area contributed by atoms with Gasteiger partial charge in [-0.1, -0.05) is 77.1 Å². The number of benzene rings is 1. The highest BCUT2D eigenvalue weighted by atomic mass is 14.2. The first-order chi connectivity index (χ1) is 10.8. The lowest BCUT2D eigenvalue weighted by Crippen LogP contribution is -2.07. The summed E-state index contributed by atoms with van der Waals surface area (Å²) in [7, 11) is 0. The van der Waals surface area contributed by atoms with Crippen molar-refractivity contribution in [2.45, 2.75) is 66.2 Å². The van der Waals surface area contributed by atoms with Gasteiger partial charge < -0.3 is 0 Å². The van der Waals surface area contributed by atoms with Crippen molar-refractivity contribution in [2.24, 2.45) is 5.41 Å². The van der Waals surface area contributed by atoms with Crippen LogP contribution in [0.1, 0.15) is 76.5 Å². The third-order valence-electron chi connectivity index (χ3n) is 4.99. The fraction of sp³-hybridized carbons (Fsp3) is 0.478. The van der Waals surface area contributed by atoms with Crippen molar-refractivity contribution < 1.29 is 0 Å². The lowest BCUT2D eigenvalue weighted by molar-refractivity contribution is 0.516. The summed E-state index contributed by atoms with van der Waals surface area (Å²) in [6, 6.07) is 6.99. The topological polar surface area (TPSA) is 0 Å². The summed E-state index contributed by atoms with van der Waals surface area (Å²) in [5, 5.41) is 0. The van der Waals surface area contributed by atoms with Gasteiger partial charge in [0.05, 0.1) is 0 Å². The molecule has 1 aliphatic carbocycles. The molecule has 124 valence electrons. The van der Waals surface area contributed by atoms with Crippen molar-refractivity contribution in [1.29, 1.82) is 0 Å². The minimum Gasteiger partial charge on any atom is -0.0911 e. The summed E-state index contributed by atoms with van der Waals surface area (Å²) in [4.78, 5) is 0. The molecule has 1 aromatic carbocycles. The number of hydrogen-bond acceptors (Lipinski definition) is 0. The van der Waals surface area contributed by atoms with Gasteiger partial charge >= 0.3 is 0 Å². The summed E-state index contributed by atoms with van der Waals surface area (Å²) in [5.41, 5.74) is 6.94. The molecule has 0 amide bonds. The molecular formula is C23H32. The second kappa shape index (κ2) is 7.34. The van der Waals surface area contributed by atoms with Crippen molar-refractivity contribution in [1.82, 2.24) is 0 Å². The first-order valence-corrected chi connectivity index (χ1v) is 9.00. The Bertz CT molecular complexity index is 620. The summed E-state index contributed by atoms with van der Waals surface area (Å²) in [6.45, 7) is 15.6. The van der Waals surface area contributed by atoms with Gasteiger partial charge in [-0.05, 0) is 65.4 Å². The molecule has 0 spiro atoms. The Labute approximate surface area is 143 Å². The number of hydrogen-bond donors (Lipinski definition) is 0. The number of allylic oxidation sites excluding steroid dienone is 5. The Hall–Kier alpha value is -1.56. The van der Waals surface area contributed by atoms with Crippen LogP contribution in [0, 0.1) is 5.41 Å². The zero-order chi connectivity index (χ0) is 17.0. The minimum absolute atomic E-state index is 0.173. The molecule has 2 rings (SSSR count). The van der Waals surface area contributed by atoms with Crippen LogP contribution in [0.3, 0.4) is 0 Å². The molecule has 0 heteroatoms. The molecule has 0 N–H and O–H groups in total. The quantitative estimate of drug-likeness (QED) is 0.523. The average molecular weight is 309 g/mol. The molecule has 1 atom stereocenters. The molecule has 0 saturated carbocycles. The third kappa shape index (κ3) is 4.47. The third-order valence-corrected chi connectivity index (χ3v) is 4.99. The van der Waals surface area contributed by atoms with Gasteiger partial charge in [0.15, 0.2) is 0 Å². The SMILES string of the molecule is C=C(/C=C\C(=C/C)C(C)(C)C)c1ccc2cc1C(C)CCCC2. The first kappa shape index (κ1) is 17.8. The van der Waals surface area contributed by atoms with Crippen molar-refractivity contribution >= 4 is 5.57 Å². The monoisotopic (exact) mass is 308 g/mol. The second-order valence-electron chi connectivity index (χ2n) is 7.92. The first-order valence-electron chi connectivity index (χ1n) is 9.00. The molecule has 0 radical (unpaired) electrons. The van der Waals surface area contributed by atoms with Crippen LogP contribution in [-0.4, -0.2) is 0 Å². The number of fused-ring (bicyclic) bond motifs is 2. The highest BCUT2D eigenvalue weighted by Gasteiger charge is 2.16. The van der Waals surface area contributed by atoms with Gasteiger partial charge in [0.25, 0.3) is 0 Å². The Kier molecular flexibility index (Phi) is 5.68. The largest absolute Gasteiger partial charge is 0.0911 e. The maximum Gasteiger partial charge on any atom is -0.0135 e. The van der Waals surface area contributed by atoms with Crippen molar-refractivity contribution in [3.63, 3.8) is 0 Å². The van der Waals surface area contributed by atoms with Crippen molar-refractivity contribution in [3.8, 4) is 0 Å². The van der Waals surface area contributed by atoms with E-state index < -0.39 is 0 Å². The fourth-order valence-corrected chi connectivity index (χ4v) is 3.46. The molecule has 2 bridgehead atoms. The molecular weight excluding hydrogens is 276 g/mol. The fourth-order valence-electron chi connectivity index (χ4n) is 3.46. The van der Waals surface area contributed by atoms with Crippen LogP contribution in [0.25, 0.3) is 5.57 Å². The zero-order valence-corrected chi connectivity index (χ0v) is 15.6. The van der Waals surface area contributed by atoms with E-state index in [-0.39, 0.29) is 5.41 Å². The molecule has 0 saturated heterocycles. The maximum atomic E-state index is 4.35. The van der Waals surface area contributed by atoms with Gasteiger partial charge in [-0.25, -0.2) is 0 Å². The minimum atomic E-state index is 0.173. The van der Waals surface area contributed by atoms with E-state index in [4.69, 9.17) is 0 Å². The van der Waals surface area contributed by atoms with Crippen LogP contribution in [-0.2, 0) is 6.42 Å². The van der Waals surface area contributed by atoms with Gasteiger partial charge in [0.2, 0.25) is 0 Å². The zero-order valence-electron chi connectivity index (χ0n) is 15.6. The van der Waals surface area contributed by atoms with E-state index in [0.29, 0.717) is 5.92 Å². The van der Waals surface area contributed by atoms with Crippen LogP contribution >= 0.6 is 0 Å². The van der Waals surface area contributed by atoms with Crippen molar-refractivity contribution in [3.05, 3.63) is 65.3 Å². The normalized spacial score (nSPS) is 19.5. The summed E-state index contributed by atoms with van der Waals surface area (Å²) < 4.78 is 0. The highest BCUT2D eigenvalue weighted by molar-refractivity contribution is 5.75. The lowest BCUT2D eigenvalue weighted by Gasteiger charge is -2.22.